The fourth-order valence-electron chi connectivity index (χ4n) is 4.82. The second-order valence-electron chi connectivity index (χ2n) is 10.4. The summed E-state index contributed by atoms with van der Waals surface area (Å²) in [6.07, 6.45) is 6.27. The van der Waals surface area contributed by atoms with Gasteiger partial charge in [0.05, 0.1) is 18.8 Å². The van der Waals surface area contributed by atoms with Crippen LogP contribution in [0.25, 0.3) is 0 Å². The molecule has 0 radical (unpaired) electrons. The Morgan fingerprint density at radius 3 is 2.26 bits per heavy atom. The number of piperidine rings is 1. The molecule has 0 aromatic rings. The van der Waals surface area contributed by atoms with Crippen molar-refractivity contribution in [1.29, 1.82) is 0 Å². The third kappa shape index (κ3) is 8.17. The van der Waals surface area contributed by atoms with E-state index in [9.17, 15) is 25.2 Å². The highest BCUT2D eigenvalue weighted by Gasteiger charge is 2.40. The molecule has 8 heteroatoms. The summed E-state index contributed by atoms with van der Waals surface area (Å²) in [7, 11) is 0. The van der Waals surface area contributed by atoms with Crippen molar-refractivity contribution in [2.75, 3.05) is 26.2 Å². The maximum Gasteiger partial charge on any atom is 0.318 e. The van der Waals surface area contributed by atoms with Gasteiger partial charge in [0.2, 0.25) is 0 Å². The first-order chi connectivity index (χ1) is 14.6. The van der Waals surface area contributed by atoms with Crippen LogP contribution in [-0.4, -0.2) is 98.4 Å². The van der Waals surface area contributed by atoms with Crippen molar-refractivity contribution in [1.82, 2.24) is 15.1 Å². The molecule has 2 rings (SSSR count). The Bertz CT molecular complexity index is 536. The zero-order valence-electron chi connectivity index (χ0n) is 19.7. The molecule has 182 valence electrons. The minimum Gasteiger partial charge on any atom is -0.395 e. The van der Waals surface area contributed by atoms with Gasteiger partial charge in [-0.15, -0.1) is 0 Å². The summed E-state index contributed by atoms with van der Waals surface area (Å²) < 4.78 is 0. The van der Waals surface area contributed by atoms with Crippen molar-refractivity contribution in [3.05, 3.63) is 0 Å². The van der Waals surface area contributed by atoms with Crippen molar-refractivity contribution in [2.24, 2.45) is 0 Å². The Kier molecular flexibility index (Phi) is 10.5. The Labute approximate surface area is 187 Å². The first-order valence-corrected chi connectivity index (χ1v) is 12.1. The van der Waals surface area contributed by atoms with E-state index in [2.05, 4.69) is 5.32 Å². The van der Waals surface area contributed by atoms with Crippen LogP contribution in [0.5, 0.6) is 0 Å². The van der Waals surface area contributed by atoms with Crippen LogP contribution in [0.3, 0.4) is 0 Å². The second kappa shape index (κ2) is 12.3. The SMILES string of the molecule is CC(C)(C)NC(=O)N(CCCCCCN1C[C@H](O)C(O)[C@H](O)C1CO)C1CCCCC1. The predicted molar refractivity (Wildman–Crippen MR) is 121 cm³/mol. The van der Waals surface area contributed by atoms with E-state index in [4.69, 9.17) is 0 Å². The molecule has 4 atom stereocenters. The quantitative estimate of drug-likeness (QED) is 0.345. The standard InChI is InChI=1S/C23H45N3O5/c1-23(2,3)24-22(31)26(17-11-7-6-8-12-17)14-10-5-4-9-13-25-15-19(28)21(30)20(29)18(25)16-27/h17-21,27-30H,4-16H2,1-3H3,(H,24,31)/t18?,19-,20+,21?/m0/s1. The summed E-state index contributed by atoms with van der Waals surface area (Å²) in [5.41, 5.74) is -0.246. The maximum absolute atomic E-state index is 12.9. The molecule has 1 aliphatic carbocycles. The third-order valence-corrected chi connectivity index (χ3v) is 6.57. The maximum atomic E-state index is 12.9. The van der Waals surface area contributed by atoms with E-state index in [0.717, 1.165) is 45.1 Å². The third-order valence-electron chi connectivity index (χ3n) is 6.57. The molecule has 0 aromatic heterocycles. The summed E-state index contributed by atoms with van der Waals surface area (Å²) in [5, 5.41) is 42.5. The summed E-state index contributed by atoms with van der Waals surface area (Å²) in [4.78, 5) is 16.8. The number of unbranched alkanes of at least 4 members (excludes halogenated alkanes) is 3. The summed E-state index contributed by atoms with van der Waals surface area (Å²) in [5.74, 6) is 0. The largest absolute Gasteiger partial charge is 0.395 e. The Hall–Kier alpha value is -0.930. The van der Waals surface area contributed by atoms with Gasteiger partial charge in [0.25, 0.3) is 0 Å². The van der Waals surface area contributed by atoms with E-state index >= 15 is 0 Å². The Balaban J connectivity index is 1.76. The van der Waals surface area contributed by atoms with Crippen molar-refractivity contribution >= 4 is 6.03 Å². The van der Waals surface area contributed by atoms with Crippen LogP contribution in [0, 0.1) is 0 Å². The number of likely N-dealkylation sites (tertiary alicyclic amines) is 1. The molecule has 8 nitrogen and oxygen atoms in total. The lowest BCUT2D eigenvalue weighted by atomic mass is 9.93. The highest BCUT2D eigenvalue weighted by Crippen LogP contribution is 2.24. The molecule has 1 saturated carbocycles. The number of aliphatic hydroxyl groups is 4. The molecule has 31 heavy (non-hydrogen) atoms. The number of hydrogen-bond donors (Lipinski definition) is 5. The molecule has 1 heterocycles. The van der Waals surface area contributed by atoms with Crippen LogP contribution in [0.2, 0.25) is 0 Å². The van der Waals surface area contributed by atoms with Gasteiger partial charge < -0.3 is 30.6 Å². The average Bonchev–Trinajstić information content (AvgIpc) is 2.71. The van der Waals surface area contributed by atoms with Crippen LogP contribution >= 0.6 is 0 Å². The molecule has 2 fully saturated rings. The average molecular weight is 444 g/mol. The lowest BCUT2D eigenvalue weighted by Crippen LogP contribution is -2.62. The van der Waals surface area contributed by atoms with Crippen molar-refractivity contribution in [3.63, 3.8) is 0 Å². The number of nitrogens with zero attached hydrogens (tertiary/aromatic N) is 2. The monoisotopic (exact) mass is 443 g/mol. The minimum atomic E-state index is -1.21. The van der Waals surface area contributed by atoms with E-state index in [-0.39, 0.29) is 24.7 Å². The van der Waals surface area contributed by atoms with Gasteiger partial charge in [-0.2, -0.15) is 0 Å². The molecule has 0 aromatic carbocycles. The topological polar surface area (TPSA) is 117 Å². The number of carbonyl (C=O) groups is 1. The molecule has 2 unspecified atom stereocenters. The van der Waals surface area contributed by atoms with E-state index < -0.39 is 24.4 Å². The van der Waals surface area contributed by atoms with Gasteiger partial charge in [0.1, 0.15) is 12.2 Å². The predicted octanol–water partition coefficient (Wildman–Crippen LogP) is 1.45. The molecule has 1 saturated heterocycles. The van der Waals surface area contributed by atoms with Gasteiger partial charge in [0, 0.05) is 24.7 Å². The fraction of sp³-hybridized carbons (Fsp3) is 0.957. The van der Waals surface area contributed by atoms with Gasteiger partial charge in [-0.1, -0.05) is 32.1 Å². The lowest BCUT2D eigenvalue weighted by Gasteiger charge is -2.43. The highest BCUT2D eigenvalue weighted by atomic mass is 16.4. The van der Waals surface area contributed by atoms with E-state index in [0.29, 0.717) is 12.6 Å². The number of aliphatic hydroxyl groups excluding tert-OH is 4. The molecule has 1 aliphatic heterocycles. The van der Waals surface area contributed by atoms with Gasteiger partial charge in [0.15, 0.2) is 0 Å². The van der Waals surface area contributed by atoms with Gasteiger partial charge in [-0.25, -0.2) is 4.79 Å². The fourth-order valence-corrected chi connectivity index (χ4v) is 4.82. The number of β-amino-alcohol motifs (C(OH)–C–C–N with tert-alkyl or cyclic N) is 1. The zero-order chi connectivity index (χ0) is 23.0. The normalized spacial score (nSPS) is 28.5. The zero-order valence-corrected chi connectivity index (χ0v) is 19.7. The highest BCUT2D eigenvalue weighted by molar-refractivity contribution is 5.75. The smallest absolute Gasteiger partial charge is 0.318 e. The number of amides is 2. The number of nitrogens with one attached hydrogen (secondary N) is 1. The second-order valence-corrected chi connectivity index (χ2v) is 10.4. The molecular formula is C23H45N3O5. The first kappa shape index (κ1) is 26.3. The Morgan fingerprint density at radius 1 is 1.00 bits per heavy atom. The van der Waals surface area contributed by atoms with E-state index in [1.54, 1.807) is 0 Å². The van der Waals surface area contributed by atoms with E-state index in [1.807, 2.05) is 30.6 Å². The number of carbonyl (C=O) groups excluding carboxylic acids is 1. The number of urea groups is 1. The summed E-state index contributed by atoms with van der Waals surface area (Å²) in [6, 6.07) is -0.162. The van der Waals surface area contributed by atoms with Gasteiger partial charge in [-0.05, 0) is 53.0 Å². The molecule has 5 N–H and O–H groups in total. The molecule has 0 bridgehead atoms. The van der Waals surface area contributed by atoms with Crippen molar-refractivity contribution < 1.29 is 25.2 Å². The van der Waals surface area contributed by atoms with Crippen LogP contribution < -0.4 is 5.32 Å². The van der Waals surface area contributed by atoms with Crippen LogP contribution in [0.4, 0.5) is 4.79 Å². The minimum absolute atomic E-state index is 0.0417. The number of hydrogen-bond acceptors (Lipinski definition) is 6. The molecule has 2 aliphatic rings. The van der Waals surface area contributed by atoms with E-state index in [1.165, 1.54) is 19.3 Å². The lowest BCUT2D eigenvalue weighted by molar-refractivity contribution is -0.145. The van der Waals surface area contributed by atoms with Gasteiger partial charge in [-0.3, -0.25) is 4.90 Å². The van der Waals surface area contributed by atoms with Gasteiger partial charge >= 0.3 is 6.03 Å². The first-order valence-electron chi connectivity index (χ1n) is 12.1. The molecule has 0 spiro atoms. The summed E-state index contributed by atoms with van der Waals surface area (Å²) in [6.45, 7) is 7.46. The molecular weight excluding hydrogens is 398 g/mol. The Morgan fingerprint density at radius 2 is 1.65 bits per heavy atom. The summed E-state index contributed by atoms with van der Waals surface area (Å²) >= 11 is 0. The van der Waals surface area contributed by atoms with Crippen molar-refractivity contribution in [3.8, 4) is 0 Å². The van der Waals surface area contributed by atoms with Crippen molar-refractivity contribution in [2.45, 2.75) is 114 Å². The van der Waals surface area contributed by atoms with Crippen LogP contribution in [0.15, 0.2) is 0 Å². The molecule has 2 amide bonds. The number of rotatable bonds is 9. The van der Waals surface area contributed by atoms with Crippen LogP contribution in [0.1, 0.15) is 78.6 Å². The van der Waals surface area contributed by atoms with Crippen LogP contribution in [-0.2, 0) is 0 Å².